The van der Waals surface area contributed by atoms with Crippen molar-refractivity contribution in [2.75, 3.05) is 0 Å². The number of oxazole rings is 1. The third-order valence-corrected chi connectivity index (χ3v) is 8.01. The van der Waals surface area contributed by atoms with E-state index in [1.807, 2.05) is 54.6 Å². The van der Waals surface area contributed by atoms with Crippen LogP contribution in [-0.2, 0) is 39.1 Å². The van der Waals surface area contributed by atoms with Gasteiger partial charge in [0.05, 0.1) is 22.2 Å². The maximum atomic E-state index is 13.0. The maximum absolute atomic E-state index is 13.0. The second-order valence-corrected chi connectivity index (χ2v) is 11.3. The fourth-order valence-corrected chi connectivity index (χ4v) is 5.44. The zero-order chi connectivity index (χ0) is 30.1. The highest BCUT2D eigenvalue weighted by Gasteiger charge is 2.29. The molecule has 3 aromatic carbocycles. The number of carboxylic acids is 1. The average molecular weight is 590 g/mol. The number of ketones is 1. The van der Waals surface area contributed by atoms with Gasteiger partial charge in [0.15, 0.2) is 5.78 Å². The molecule has 2 unspecified atom stereocenters. The van der Waals surface area contributed by atoms with Gasteiger partial charge in [-0.1, -0.05) is 67.6 Å². The van der Waals surface area contributed by atoms with Crippen LogP contribution >= 0.6 is 0 Å². The molecular formula is C31H31N3O7S. The van der Waals surface area contributed by atoms with Gasteiger partial charge in [0.25, 0.3) is 0 Å². The Hall–Kier alpha value is -4.61. The highest BCUT2D eigenvalue weighted by atomic mass is 32.2. The molecule has 4 rings (SSSR count). The fourth-order valence-electron chi connectivity index (χ4n) is 4.23. The summed E-state index contributed by atoms with van der Waals surface area (Å²) in [6.45, 7) is 2.17. The van der Waals surface area contributed by atoms with E-state index in [4.69, 9.17) is 14.6 Å². The van der Waals surface area contributed by atoms with Gasteiger partial charge in [0.2, 0.25) is 15.9 Å². The number of benzene rings is 3. The number of ether oxygens (including phenoxy) is 1. The van der Waals surface area contributed by atoms with Crippen molar-refractivity contribution in [3.8, 4) is 5.75 Å². The molecule has 0 aliphatic rings. The summed E-state index contributed by atoms with van der Waals surface area (Å²) in [4.78, 5) is 29.0. The van der Waals surface area contributed by atoms with Crippen molar-refractivity contribution in [3.05, 3.63) is 114 Å². The molecule has 0 fully saturated rings. The van der Waals surface area contributed by atoms with Crippen LogP contribution in [0.2, 0.25) is 0 Å². The molecule has 4 aromatic rings. The first kappa shape index (κ1) is 30.4. The van der Waals surface area contributed by atoms with E-state index >= 15 is 0 Å². The first-order valence-corrected chi connectivity index (χ1v) is 14.8. The van der Waals surface area contributed by atoms with Crippen LogP contribution in [0, 0.1) is 5.41 Å². The summed E-state index contributed by atoms with van der Waals surface area (Å²) >= 11 is 0. The number of sulfonamides is 1. The largest absolute Gasteiger partial charge is 0.489 e. The summed E-state index contributed by atoms with van der Waals surface area (Å²) in [5.74, 6) is -1.67. The van der Waals surface area contributed by atoms with E-state index in [1.54, 1.807) is 13.0 Å². The van der Waals surface area contributed by atoms with Gasteiger partial charge in [0, 0.05) is 12.8 Å². The fraction of sp³-hybridized carbons (Fsp3) is 0.226. The standard InChI is InChI=1S/C31H31N3O7S/c1-2-26(29(32)28(35)17-21-13-15-22(16-14-21)19-40-24-9-5-3-6-10-24)30-33-23(20-41-30)18-27(31(36)37)34-42(38,39)25-11-7-4-8-12-25/h3-16,20,26-27,32,34H,2,17-19H2,1H3,(H,36,37). The van der Waals surface area contributed by atoms with Gasteiger partial charge in [-0.2, -0.15) is 4.72 Å². The first-order valence-electron chi connectivity index (χ1n) is 13.3. The second-order valence-electron chi connectivity index (χ2n) is 9.60. The lowest BCUT2D eigenvalue weighted by atomic mass is 9.93. The van der Waals surface area contributed by atoms with E-state index < -0.39 is 33.7 Å². The minimum Gasteiger partial charge on any atom is -0.489 e. The van der Waals surface area contributed by atoms with Gasteiger partial charge < -0.3 is 19.7 Å². The second kappa shape index (κ2) is 13.8. The summed E-state index contributed by atoms with van der Waals surface area (Å²) < 4.78 is 38.7. The molecule has 42 heavy (non-hydrogen) atoms. The minimum atomic E-state index is -4.09. The van der Waals surface area contributed by atoms with E-state index in [0.717, 1.165) is 16.9 Å². The molecule has 0 aliphatic heterocycles. The molecule has 1 heterocycles. The van der Waals surface area contributed by atoms with Gasteiger partial charge in [0.1, 0.15) is 24.7 Å². The van der Waals surface area contributed by atoms with Gasteiger partial charge in [-0.15, -0.1) is 0 Å². The molecule has 0 aliphatic carbocycles. The summed E-state index contributed by atoms with van der Waals surface area (Å²) in [5, 5.41) is 18.2. The Kier molecular flexibility index (Phi) is 10.00. The maximum Gasteiger partial charge on any atom is 0.322 e. The summed E-state index contributed by atoms with van der Waals surface area (Å²) in [6.07, 6.45) is 1.30. The first-order chi connectivity index (χ1) is 20.2. The third-order valence-electron chi connectivity index (χ3n) is 6.52. The summed E-state index contributed by atoms with van der Waals surface area (Å²) in [7, 11) is -4.09. The topological polar surface area (TPSA) is 160 Å². The SMILES string of the molecule is CCC(C(=N)C(=O)Cc1ccc(COc2ccccc2)cc1)c1nc(CC(NS(=O)(=O)c2ccccc2)C(=O)O)co1. The monoisotopic (exact) mass is 589 g/mol. The molecule has 3 N–H and O–H groups in total. The molecule has 0 radical (unpaired) electrons. The molecule has 0 saturated heterocycles. The van der Waals surface area contributed by atoms with Crippen LogP contribution in [0.1, 0.15) is 42.0 Å². The number of carbonyl (C=O) groups is 2. The molecule has 0 amide bonds. The van der Waals surface area contributed by atoms with Crippen molar-refractivity contribution in [2.45, 2.75) is 49.6 Å². The highest BCUT2D eigenvalue weighted by molar-refractivity contribution is 7.89. The molecule has 11 heteroatoms. The number of carboxylic acid groups (broad SMARTS) is 1. The Morgan fingerprint density at radius 1 is 0.976 bits per heavy atom. The number of aliphatic carboxylic acids is 1. The number of nitrogens with one attached hydrogen (secondary N) is 2. The number of hydrogen-bond donors (Lipinski definition) is 3. The van der Waals surface area contributed by atoms with Crippen molar-refractivity contribution < 1.29 is 32.3 Å². The molecule has 2 atom stereocenters. The molecule has 10 nitrogen and oxygen atoms in total. The number of rotatable bonds is 15. The van der Waals surface area contributed by atoms with Gasteiger partial charge >= 0.3 is 5.97 Å². The summed E-state index contributed by atoms with van der Waals surface area (Å²) in [5.41, 5.74) is 1.68. The van der Waals surface area contributed by atoms with Crippen LogP contribution in [0.4, 0.5) is 0 Å². The van der Waals surface area contributed by atoms with E-state index in [2.05, 4.69) is 9.71 Å². The normalized spacial score (nSPS) is 12.8. The van der Waals surface area contributed by atoms with E-state index in [-0.39, 0.29) is 35.0 Å². The lowest BCUT2D eigenvalue weighted by Crippen LogP contribution is -2.42. The van der Waals surface area contributed by atoms with Gasteiger partial charge in [-0.3, -0.25) is 9.59 Å². The zero-order valence-corrected chi connectivity index (χ0v) is 23.7. The molecule has 0 saturated carbocycles. The number of nitrogens with zero attached hydrogens (tertiary/aromatic N) is 1. The van der Waals surface area contributed by atoms with Crippen LogP contribution in [0.15, 0.2) is 101 Å². The van der Waals surface area contributed by atoms with Crippen molar-refractivity contribution in [1.82, 2.24) is 9.71 Å². The molecule has 0 bridgehead atoms. The number of hydrogen-bond acceptors (Lipinski definition) is 8. The Morgan fingerprint density at radius 3 is 2.21 bits per heavy atom. The van der Waals surface area contributed by atoms with Crippen LogP contribution in [0.3, 0.4) is 0 Å². The Bertz CT molecular complexity index is 1620. The van der Waals surface area contributed by atoms with Crippen molar-refractivity contribution in [2.24, 2.45) is 0 Å². The zero-order valence-electron chi connectivity index (χ0n) is 22.9. The van der Waals surface area contributed by atoms with E-state index in [1.165, 1.54) is 30.5 Å². The van der Waals surface area contributed by atoms with E-state index in [0.29, 0.717) is 13.0 Å². The number of aromatic nitrogens is 1. The van der Waals surface area contributed by atoms with Crippen molar-refractivity contribution in [1.29, 1.82) is 5.41 Å². The van der Waals surface area contributed by atoms with Crippen LogP contribution in [0.5, 0.6) is 5.75 Å². The Morgan fingerprint density at radius 2 is 1.60 bits per heavy atom. The van der Waals surface area contributed by atoms with Crippen molar-refractivity contribution in [3.63, 3.8) is 0 Å². The number of para-hydroxylation sites is 1. The predicted molar refractivity (Wildman–Crippen MR) is 155 cm³/mol. The number of Topliss-reactive ketones (excluding diaryl/α,β-unsaturated/α-hetero) is 1. The lowest BCUT2D eigenvalue weighted by molar-refractivity contribution is -0.139. The predicted octanol–water partition coefficient (Wildman–Crippen LogP) is 4.55. The minimum absolute atomic E-state index is 0.0189. The van der Waals surface area contributed by atoms with Gasteiger partial charge in [-0.25, -0.2) is 13.4 Å². The summed E-state index contributed by atoms with van der Waals surface area (Å²) in [6, 6.07) is 22.8. The van der Waals surface area contributed by atoms with Crippen LogP contribution in [-0.4, -0.2) is 42.0 Å². The van der Waals surface area contributed by atoms with Gasteiger partial charge in [-0.05, 0) is 41.8 Å². The molecule has 0 spiro atoms. The quantitative estimate of drug-likeness (QED) is 0.170. The Labute approximate surface area is 243 Å². The van der Waals surface area contributed by atoms with E-state index in [9.17, 15) is 23.1 Å². The van der Waals surface area contributed by atoms with Crippen LogP contribution < -0.4 is 9.46 Å². The molecule has 1 aromatic heterocycles. The third kappa shape index (κ3) is 7.99. The van der Waals surface area contributed by atoms with Crippen LogP contribution in [0.25, 0.3) is 0 Å². The number of carbonyl (C=O) groups excluding carboxylic acids is 1. The lowest BCUT2D eigenvalue weighted by Gasteiger charge is -2.14. The highest BCUT2D eigenvalue weighted by Crippen LogP contribution is 2.23. The molecule has 218 valence electrons. The smallest absolute Gasteiger partial charge is 0.322 e. The molecular weight excluding hydrogens is 558 g/mol. The Balaban J connectivity index is 1.36. The van der Waals surface area contributed by atoms with Crippen molar-refractivity contribution >= 4 is 27.5 Å². The average Bonchev–Trinajstić information content (AvgIpc) is 3.45.